The highest BCUT2D eigenvalue weighted by Gasteiger charge is 2.48. The van der Waals surface area contributed by atoms with Crippen LogP contribution >= 0.6 is 0 Å². The van der Waals surface area contributed by atoms with Crippen molar-refractivity contribution >= 4 is 5.78 Å². The number of rotatable bonds is 1. The van der Waals surface area contributed by atoms with Crippen molar-refractivity contribution < 1.29 is 9.90 Å². The van der Waals surface area contributed by atoms with Crippen LogP contribution in [-0.4, -0.2) is 17.0 Å². The van der Waals surface area contributed by atoms with Gasteiger partial charge in [-0.25, -0.2) is 0 Å². The highest BCUT2D eigenvalue weighted by Crippen LogP contribution is 2.52. The molecule has 3 aliphatic rings. The Morgan fingerprint density at radius 3 is 2.86 bits per heavy atom. The molecule has 21 heavy (non-hydrogen) atoms. The monoisotopic (exact) mass is 286 g/mol. The van der Waals surface area contributed by atoms with Crippen LogP contribution in [0, 0.1) is 11.3 Å². The molecule has 0 aliphatic heterocycles. The lowest BCUT2D eigenvalue weighted by molar-refractivity contribution is -0.126. The molecule has 3 aliphatic carbocycles. The van der Waals surface area contributed by atoms with Crippen LogP contribution in [0.5, 0.6) is 0 Å². The van der Waals surface area contributed by atoms with Crippen LogP contribution in [0.2, 0.25) is 0 Å². The van der Waals surface area contributed by atoms with Gasteiger partial charge in [-0.05, 0) is 56.4 Å². The first-order valence-corrected chi connectivity index (χ1v) is 8.30. The molecule has 2 heteroatoms. The number of hydrogen-bond donors (Lipinski definition) is 1. The van der Waals surface area contributed by atoms with E-state index < -0.39 is 0 Å². The van der Waals surface area contributed by atoms with E-state index in [0.29, 0.717) is 11.7 Å². The van der Waals surface area contributed by atoms with E-state index in [0.717, 1.165) is 51.4 Å². The number of carbonyl (C=O) groups is 1. The number of carbonyl (C=O) groups excluding carboxylic acids is 1. The van der Waals surface area contributed by atoms with Gasteiger partial charge in [-0.3, -0.25) is 4.79 Å². The quantitative estimate of drug-likeness (QED) is 0.787. The van der Waals surface area contributed by atoms with Crippen molar-refractivity contribution in [2.75, 3.05) is 0 Å². The molecule has 3 rings (SSSR count). The van der Waals surface area contributed by atoms with Gasteiger partial charge in [0.1, 0.15) is 5.78 Å². The SMILES string of the molecule is C=C1CC[C@@H](O)C/C1=C/C=C1\CCC[C@]2(C)C(=O)CCC12. The number of hydrogen-bond acceptors (Lipinski definition) is 2. The highest BCUT2D eigenvalue weighted by molar-refractivity contribution is 5.87. The standard InChI is InChI=1S/C19H26O2/c1-13-5-8-16(20)12-15(13)7-6-14-4-3-11-19(2)17(14)9-10-18(19)21/h6-7,16-17,20H,1,3-5,8-12H2,2H3/b14-6+,15-7-/t16-,17?,19+/m1/s1. The normalized spacial score (nSPS) is 40.9. The number of Topliss-reactive ketones (excluding diaryl/α,β-unsaturated/α-hetero) is 1. The van der Waals surface area contributed by atoms with E-state index in [1.807, 2.05) is 0 Å². The number of ketones is 1. The lowest BCUT2D eigenvalue weighted by atomic mass is 9.66. The van der Waals surface area contributed by atoms with Gasteiger partial charge in [0.2, 0.25) is 0 Å². The van der Waals surface area contributed by atoms with Gasteiger partial charge >= 0.3 is 0 Å². The van der Waals surface area contributed by atoms with E-state index in [1.165, 1.54) is 16.7 Å². The molecule has 0 aromatic carbocycles. The fourth-order valence-electron chi connectivity index (χ4n) is 4.41. The van der Waals surface area contributed by atoms with Gasteiger partial charge in [0.25, 0.3) is 0 Å². The van der Waals surface area contributed by atoms with E-state index in [-0.39, 0.29) is 11.5 Å². The average molecular weight is 286 g/mol. The van der Waals surface area contributed by atoms with Crippen molar-refractivity contribution in [2.24, 2.45) is 11.3 Å². The molecule has 3 saturated carbocycles. The summed E-state index contributed by atoms with van der Waals surface area (Å²) < 4.78 is 0. The Kier molecular flexibility index (Phi) is 3.92. The van der Waals surface area contributed by atoms with Crippen molar-refractivity contribution in [3.05, 3.63) is 35.5 Å². The summed E-state index contributed by atoms with van der Waals surface area (Å²) in [6.45, 7) is 6.29. The maximum absolute atomic E-state index is 12.2. The van der Waals surface area contributed by atoms with Gasteiger partial charge in [0, 0.05) is 11.8 Å². The molecule has 0 heterocycles. The molecule has 0 aromatic rings. The van der Waals surface area contributed by atoms with Gasteiger partial charge in [0.15, 0.2) is 0 Å². The molecule has 0 aromatic heterocycles. The summed E-state index contributed by atoms with van der Waals surface area (Å²) >= 11 is 0. The average Bonchev–Trinajstić information content (AvgIpc) is 2.76. The Morgan fingerprint density at radius 1 is 1.24 bits per heavy atom. The third kappa shape index (κ3) is 2.66. The third-order valence-electron chi connectivity index (χ3n) is 5.86. The predicted octanol–water partition coefficient (Wildman–Crippen LogP) is 4.11. The zero-order valence-electron chi connectivity index (χ0n) is 13.0. The minimum atomic E-state index is -0.218. The second-order valence-corrected chi connectivity index (χ2v) is 7.22. The number of allylic oxidation sites excluding steroid dienone is 4. The first kappa shape index (κ1) is 14.8. The minimum Gasteiger partial charge on any atom is -0.393 e. The second kappa shape index (κ2) is 5.57. The van der Waals surface area contributed by atoms with Crippen LogP contribution in [0.4, 0.5) is 0 Å². The van der Waals surface area contributed by atoms with Crippen molar-refractivity contribution in [1.82, 2.24) is 0 Å². The molecule has 3 atom stereocenters. The maximum Gasteiger partial charge on any atom is 0.139 e. The zero-order chi connectivity index (χ0) is 15.0. The molecule has 2 nitrogen and oxygen atoms in total. The molecule has 0 bridgehead atoms. The van der Waals surface area contributed by atoms with Crippen LogP contribution < -0.4 is 0 Å². The van der Waals surface area contributed by atoms with Crippen LogP contribution in [0.15, 0.2) is 35.5 Å². The largest absolute Gasteiger partial charge is 0.393 e. The Labute approximate surface area is 127 Å². The van der Waals surface area contributed by atoms with Gasteiger partial charge < -0.3 is 5.11 Å². The summed E-state index contributed by atoms with van der Waals surface area (Å²) in [5.41, 5.74) is 3.69. The summed E-state index contributed by atoms with van der Waals surface area (Å²) in [6, 6.07) is 0. The van der Waals surface area contributed by atoms with Crippen molar-refractivity contribution in [3.63, 3.8) is 0 Å². The first-order chi connectivity index (χ1) is 10.0. The van der Waals surface area contributed by atoms with Gasteiger partial charge in [0.05, 0.1) is 6.10 Å². The molecular weight excluding hydrogens is 260 g/mol. The number of aliphatic hydroxyl groups excluding tert-OH is 1. The molecule has 3 fully saturated rings. The van der Waals surface area contributed by atoms with E-state index in [4.69, 9.17) is 0 Å². The molecular formula is C19H26O2. The Morgan fingerprint density at radius 2 is 2.05 bits per heavy atom. The van der Waals surface area contributed by atoms with E-state index in [9.17, 15) is 9.90 Å². The fraction of sp³-hybridized carbons (Fsp3) is 0.632. The molecule has 1 unspecified atom stereocenters. The van der Waals surface area contributed by atoms with Crippen molar-refractivity contribution in [1.29, 1.82) is 0 Å². The molecule has 1 N–H and O–H groups in total. The lowest BCUT2D eigenvalue weighted by Gasteiger charge is -2.36. The van der Waals surface area contributed by atoms with Crippen LogP contribution in [0.3, 0.4) is 0 Å². The predicted molar refractivity (Wildman–Crippen MR) is 84.9 cm³/mol. The van der Waals surface area contributed by atoms with Crippen LogP contribution in [0.1, 0.15) is 58.3 Å². The van der Waals surface area contributed by atoms with Crippen molar-refractivity contribution in [2.45, 2.75) is 64.4 Å². The van der Waals surface area contributed by atoms with E-state index in [1.54, 1.807) is 0 Å². The van der Waals surface area contributed by atoms with E-state index in [2.05, 4.69) is 25.7 Å². The topological polar surface area (TPSA) is 37.3 Å². The molecule has 114 valence electrons. The van der Waals surface area contributed by atoms with E-state index >= 15 is 0 Å². The summed E-state index contributed by atoms with van der Waals surface area (Å²) in [6.07, 6.45) is 11.7. The number of aliphatic hydroxyl groups is 1. The van der Waals surface area contributed by atoms with Gasteiger partial charge in [-0.15, -0.1) is 0 Å². The second-order valence-electron chi connectivity index (χ2n) is 7.22. The van der Waals surface area contributed by atoms with Crippen LogP contribution in [0.25, 0.3) is 0 Å². The number of fused-ring (bicyclic) bond motifs is 1. The summed E-state index contributed by atoms with van der Waals surface area (Å²) in [5.74, 6) is 0.903. The summed E-state index contributed by atoms with van der Waals surface area (Å²) in [4.78, 5) is 12.2. The van der Waals surface area contributed by atoms with Gasteiger partial charge in [-0.1, -0.05) is 36.8 Å². The summed E-state index contributed by atoms with van der Waals surface area (Å²) in [5, 5.41) is 9.81. The third-order valence-corrected chi connectivity index (χ3v) is 5.86. The molecule has 0 spiro atoms. The molecule has 0 saturated heterocycles. The molecule has 0 radical (unpaired) electrons. The van der Waals surface area contributed by atoms with Crippen molar-refractivity contribution in [3.8, 4) is 0 Å². The molecule has 0 amide bonds. The maximum atomic E-state index is 12.2. The Balaban J connectivity index is 1.82. The first-order valence-electron chi connectivity index (χ1n) is 8.30. The highest BCUT2D eigenvalue weighted by atomic mass is 16.3. The fourth-order valence-corrected chi connectivity index (χ4v) is 4.41. The Hall–Kier alpha value is -1.15. The minimum absolute atomic E-state index is 0.105. The smallest absolute Gasteiger partial charge is 0.139 e. The Bertz CT molecular complexity index is 526. The summed E-state index contributed by atoms with van der Waals surface area (Å²) in [7, 11) is 0. The van der Waals surface area contributed by atoms with Gasteiger partial charge in [-0.2, -0.15) is 0 Å². The lowest BCUT2D eigenvalue weighted by Crippen LogP contribution is -2.33. The van der Waals surface area contributed by atoms with Crippen LogP contribution in [-0.2, 0) is 4.79 Å². The zero-order valence-corrected chi connectivity index (χ0v) is 13.0.